The van der Waals surface area contributed by atoms with E-state index in [1.54, 1.807) is 12.4 Å². The molecular weight excluding hydrogens is 204 g/mol. The lowest BCUT2D eigenvalue weighted by molar-refractivity contribution is 0.477. The van der Waals surface area contributed by atoms with Crippen LogP contribution < -0.4 is 11.3 Å². The van der Waals surface area contributed by atoms with Crippen molar-refractivity contribution in [3.8, 4) is 0 Å². The summed E-state index contributed by atoms with van der Waals surface area (Å²) >= 11 is 0. The number of anilines is 1. The molecule has 16 heavy (non-hydrogen) atoms. The Labute approximate surface area is 92.8 Å². The number of aromatic nitrogens is 4. The van der Waals surface area contributed by atoms with Gasteiger partial charge in [0.1, 0.15) is 0 Å². The predicted molar refractivity (Wildman–Crippen MR) is 60.6 cm³/mol. The Kier molecular flexibility index (Phi) is 2.21. The lowest BCUT2D eigenvalue weighted by Crippen LogP contribution is -2.10. The zero-order valence-electron chi connectivity index (χ0n) is 8.93. The highest BCUT2D eigenvalue weighted by Crippen LogP contribution is 2.31. The van der Waals surface area contributed by atoms with E-state index in [1.807, 2.05) is 4.68 Å². The molecule has 0 amide bonds. The van der Waals surface area contributed by atoms with Crippen LogP contribution in [0.15, 0.2) is 12.4 Å². The molecule has 1 aliphatic rings. The van der Waals surface area contributed by atoms with Crippen LogP contribution in [0.2, 0.25) is 0 Å². The fourth-order valence-electron chi connectivity index (χ4n) is 2.39. The zero-order valence-corrected chi connectivity index (χ0v) is 8.93. The quantitative estimate of drug-likeness (QED) is 0.585. The fraction of sp³-hybridized carbons (Fsp3) is 0.500. The molecule has 6 nitrogen and oxygen atoms in total. The number of fused-ring (bicyclic) bond motifs is 1. The molecule has 2 heterocycles. The Morgan fingerprint density at radius 3 is 2.88 bits per heavy atom. The summed E-state index contributed by atoms with van der Waals surface area (Å²) in [6.45, 7) is 0. The number of hydrogen-bond donors (Lipinski definition) is 2. The van der Waals surface area contributed by atoms with Gasteiger partial charge in [0, 0.05) is 0 Å². The van der Waals surface area contributed by atoms with Crippen LogP contribution in [0.1, 0.15) is 31.7 Å². The van der Waals surface area contributed by atoms with E-state index in [2.05, 4.69) is 20.7 Å². The van der Waals surface area contributed by atoms with Gasteiger partial charge in [-0.2, -0.15) is 10.2 Å². The van der Waals surface area contributed by atoms with E-state index in [1.165, 1.54) is 25.7 Å². The Hall–Kier alpha value is -1.69. The fourth-order valence-corrected chi connectivity index (χ4v) is 2.39. The van der Waals surface area contributed by atoms with Crippen molar-refractivity contribution >= 4 is 16.7 Å². The molecule has 1 fully saturated rings. The minimum absolute atomic E-state index is 0.472. The third-order valence-corrected chi connectivity index (χ3v) is 3.22. The number of hydrazine groups is 1. The number of rotatable bonds is 2. The average Bonchev–Trinajstić information content (AvgIpc) is 2.96. The van der Waals surface area contributed by atoms with Gasteiger partial charge in [0.05, 0.1) is 29.5 Å². The normalized spacial score (nSPS) is 17.1. The van der Waals surface area contributed by atoms with Gasteiger partial charge in [-0.15, -0.1) is 5.10 Å². The van der Waals surface area contributed by atoms with E-state index in [9.17, 15) is 0 Å². The van der Waals surface area contributed by atoms with Crippen molar-refractivity contribution in [2.45, 2.75) is 31.7 Å². The van der Waals surface area contributed by atoms with Gasteiger partial charge in [0.15, 0.2) is 5.65 Å². The van der Waals surface area contributed by atoms with Crippen LogP contribution in [0.3, 0.4) is 0 Å². The molecule has 1 aliphatic carbocycles. The number of nitrogens with one attached hydrogen (secondary N) is 1. The monoisotopic (exact) mass is 218 g/mol. The number of nitrogens with two attached hydrogens (primary N) is 1. The van der Waals surface area contributed by atoms with Crippen molar-refractivity contribution in [1.29, 1.82) is 0 Å². The highest BCUT2D eigenvalue weighted by atomic mass is 15.3. The molecular formula is C10H14N6. The van der Waals surface area contributed by atoms with Gasteiger partial charge in [0.2, 0.25) is 0 Å². The lowest BCUT2D eigenvalue weighted by atomic mass is 10.2. The first-order valence-electron chi connectivity index (χ1n) is 5.55. The molecule has 6 heteroatoms. The van der Waals surface area contributed by atoms with Crippen molar-refractivity contribution in [2.75, 3.05) is 5.43 Å². The smallest absolute Gasteiger partial charge is 0.182 e. The highest BCUT2D eigenvalue weighted by molar-refractivity contribution is 5.87. The van der Waals surface area contributed by atoms with Crippen LogP contribution >= 0.6 is 0 Å². The summed E-state index contributed by atoms with van der Waals surface area (Å²) in [5.74, 6) is 5.42. The molecule has 0 radical (unpaired) electrons. The molecule has 0 bridgehead atoms. The second kappa shape index (κ2) is 3.71. The molecule has 0 aliphatic heterocycles. The van der Waals surface area contributed by atoms with Crippen LogP contribution in [0, 0.1) is 0 Å². The number of hydrogen-bond acceptors (Lipinski definition) is 5. The van der Waals surface area contributed by atoms with Crippen molar-refractivity contribution in [1.82, 2.24) is 20.0 Å². The van der Waals surface area contributed by atoms with Gasteiger partial charge in [-0.25, -0.2) is 4.68 Å². The van der Waals surface area contributed by atoms with Crippen LogP contribution in [-0.2, 0) is 0 Å². The van der Waals surface area contributed by atoms with Gasteiger partial charge in [-0.1, -0.05) is 12.8 Å². The van der Waals surface area contributed by atoms with Gasteiger partial charge in [-0.05, 0) is 12.8 Å². The predicted octanol–water partition coefficient (Wildman–Crippen LogP) is 1.23. The first-order chi connectivity index (χ1) is 7.90. The van der Waals surface area contributed by atoms with Crippen LogP contribution in [0.5, 0.6) is 0 Å². The molecule has 0 atom stereocenters. The Morgan fingerprint density at radius 2 is 2.12 bits per heavy atom. The lowest BCUT2D eigenvalue weighted by Gasteiger charge is -2.10. The van der Waals surface area contributed by atoms with Crippen molar-refractivity contribution in [3.05, 3.63) is 12.4 Å². The van der Waals surface area contributed by atoms with Gasteiger partial charge in [0.25, 0.3) is 0 Å². The van der Waals surface area contributed by atoms with E-state index in [-0.39, 0.29) is 0 Å². The van der Waals surface area contributed by atoms with Gasteiger partial charge < -0.3 is 5.43 Å². The number of nitrogens with zero attached hydrogens (tertiary/aromatic N) is 4. The summed E-state index contributed by atoms with van der Waals surface area (Å²) in [6.07, 6.45) is 8.32. The van der Waals surface area contributed by atoms with Crippen LogP contribution in [0.4, 0.5) is 5.69 Å². The highest BCUT2D eigenvalue weighted by Gasteiger charge is 2.20. The summed E-state index contributed by atoms with van der Waals surface area (Å²) in [7, 11) is 0. The Balaban J connectivity index is 2.12. The minimum atomic E-state index is 0.472. The van der Waals surface area contributed by atoms with Gasteiger partial charge in [-0.3, -0.25) is 5.84 Å². The average molecular weight is 218 g/mol. The standard InChI is InChI=1S/C10H14N6/c11-14-9-6-12-15-10-8(9)5-13-16(10)7-3-1-2-4-7/h5-7H,1-4,11H2,(H,14,15). The third kappa shape index (κ3) is 1.34. The maximum absolute atomic E-state index is 5.42. The first-order valence-corrected chi connectivity index (χ1v) is 5.55. The summed E-state index contributed by atoms with van der Waals surface area (Å²) in [4.78, 5) is 0. The molecule has 2 aromatic heterocycles. The molecule has 2 aromatic rings. The molecule has 0 aromatic carbocycles. The molecule has 3 rings (SSSR count). The van der Waals surface area contributed by atoms with Crippen molar-refractivity contribution in [2.24, 2.45) is 5.84 Å². The first kappa shape index (κ1) is 9.53. The second-order valence-electron chi connectivity index (χ2n) is 4.17. The minimum Gasteiger partial charge on any atom is -0.322 e. The maximum atomic E-state index is 5.42. The largest absolute Gasteiger partial charge is 0.322 e. The third-order valence-electron chi connectivity index (χ3n) is 3.22. The molecule has 0 spiro atoms. The van der Waals surface area contributed by atoms with Crippen LogP contribution in [0.25, 0.3) is 11.0 Å². The van der Waals surface area contributed by atoms with E-state index >= 15 is 0 Å². The summed E-state index contributed by atoms with van der Waals surface area (Å²) < 4.78 is 1.98. The van der Waals surface area contributed by atoms with Crippen molar-refractivity contribution < 1.29 is 0 Å². The van der Waals surface area contributed by atoms with Crippen LogP contribution in [-0.4, -0.2) is 20.0 Å². The van der Waals surface area contributed by atoms with E-state index < -0.39 is 0 Å². The molecule has 0 unspecified atom stereocenters. The molecule has 84 valence electrons. The maximum Gasteiger partial charge on any atom is 0.182 e. The second-order valence-corrected chi connectivity index (χ2v) is 4.17. The molecule has 1 saturated carbocycles. The number of nitrogen functional groups attached to an aromatic ring is 1. The SMILES string of the molecule is NNc1cnnc2c1cnn2C1CCCC1. The summed E-state index contributed by atoms with van der Waals surface area (Å²) in [5.41, 5.74) is 4.21. The van der Waals surface area contributed by atoms with E-state index in [0.29, 0.717) is 6.04 Å². The van der Waals surface area contributed by atoms with Crippen molar-refractivity contribution in [3.63, 3.8) is 0 Å². The molecule has 3 N–H and O–H groups in total. The summed E-state index contributed by atoms with van der Waals surface area (Å²) in [6, 6.07) is 0.472. The summed E-state index contributed by atoms with van der Waals surface area (Å²) in [5, 5.41) is 13.4. The Morgan fingerprint density at radius 1 is 1.31 bits per heavy atom. The topological polar surface area (TPSA) is 81.7 Å². The van der Waals surface area contributed by atoms with E-state index in [4.69, 9.17) is 5.84 Å². The molecule has 0 saturated heterocycles. The van der Waals surface area contributed by atoms with E-state index in [0.717, 1.165) is 16.7 Å². The Bertz CT molecular complexity index is 499. The zero-order chi connectivity index (χ0) is 11.0. The van der Waals surface area contributed by atoms with Gasteiger partial charge >= 0.3 is 0 Å².